The van der Waals surface area contributed by atoms with Crippen molar-refractivity contribution in [2.75, 3.05) is 5.32 Å². The van der Waals surface area contributed by atoms with Gasteiger partial charge in [-0.05, 0) is 71.5 Å². The minimum absolute atomic E-state index is 0.155. The molecule has 0 bridgehead atoms. The standard InChI is InChI=1S/C14H10BrClINO/c1-8-6-9(15)2-5-13(8)18-14(19)11-7-10(16)3-4-12(11)17/h2-7H,1H3,(H,18,19). The van der Waals surface area contributed by atoms with E-state index in [4.69, 9.17) is 11.6 Å². The fourth-order valence-corrected chi connectivity index (χ4v) is 2.86. The molecule has 0 saturated carbocycles. The van der Waals surface area contributed by atoms with Gasteiger partial charge in [0.1, 0.15) is 0 Å². The average Bonchev–Trinajstić information content (AvgIpc) is 2.35. The van der Waals surface area contributed by atoms with Gasteiger partial charge in [-0.3, -0.25) is 4.79 Å². The molecule has 1 N–H and O–H groups in total. The van der Waals surface area contributed by atoms with Crippen molar-refractivity contribution in [3.05, 3.63) is 60.6 Å². The molecule has 0 unspecified atom stereocenters. The van der Waals surface area contributed by atoms with Crippen molar-refractivity contribution in [1.82, 2.24) is 0 Å². The second kappa shape index (κ2) is 6.24. The first kappa shape index (κ1) is 14.8. The predicted octanol–water partition coefficient (Wildman–Crippen LogP) is 5.27. The molecular formula is C14H10BrClINO. The number of nitrogens with one attached hydrogen (secondary N) is 1. The molecule has 0 aliphatic rings. The van der Waals surface area contributed by atoms with Gasteiger partial charge in [0, 0.05) is 18.8 Å². The van der Waals surface area contributed by atoms with Crippen molar-refractivity contribution in [1.29, 1.82) is 0 Å². The summed E-state index contributed by atoms with van der Waals surface area (Å²) in [4.78, 5) is 12.2. The Kier molecular flexibility index (Phi) is 4.86. The monoisotopic (exact) mass is 449 g/mol. The van der Waals surface area contributed by atoms with Crippen LogP contribution in [0.5, 0.6) is 0 Å². The fraction of sp³-hybridized carbons (Fsp3) is 0.0714. The third kappa shape index (κ3) is 3.70. The first-order chi connectivity index (χ1) is 8.97. The molecule has 0 aromatic heterocycles. The number of aryl methyl sites for hydroxylation is 1. The quantitative estimate of drug-likeness (QED) is 0.621. The summed E-state index contributed by atoms with van der Waals surface area (Å²) in [6.45, 7) is 1.95. The molecular weight excluding hydrogens is 440 g/mol. The zero-order valence-electron chi connectivity index (χ0n) is 10.0. The normalized spacial score (nSPS) is 10.3. The van der Waals surface area contributed by atoms with Crippen LogP contribution in [0.15, 0.2) is 40.9 Å². The van der Waals surface area contributed by atoms with E-state index in [1.807, 2.05) is 31.2 Å². The van der Waals surface area contributed by atoms with Crippen LogP contribution in [0.2, 0.25) is 5.02 Å². The highest BCUT2D eigenvalue weighted by Crippen LogP contribution is 2.23. The summed E-state index contributed by atoms with van der Waals surface area (Å²) < 4.78 is 1.86. The van der Waals surface area contributed by atoms with E-state index < -0.39 is 0 Å². The highest BCUT2D eigenvalue weighted by Gasteiger charge is 2.12. The third-order valence-electron chi connectivity index (χ3n) is 2.61. The topological polar surface area (TPSA) is 29.1 Å². The maximum Gasteiger partial charge on any atom is 0.256 e. The molecule has 0 spiro atoms. The van der Waals surface area contributed by atoms with E-state index in [-0.39, 0.29) is 5.91 Å². The summed E-state index contributed by atoms with van der Waals surface area (Å²) >= 11 is 11.4. The maximum atomic E-state index is 12.2. The van der Waals surface area contributed by atoms with E-state index in [1.54, 1.807) is 12.1 Å². The number of carbonyl (C=O) groups excluding carboxylic acids is 1. The van der Waals surface area contributed by atoms with Gasteiger partial charge in [0.05, 0.1) is 5.56 Å². The zero-order chi connectivity index (χ0) is 14.0. The summed E-state index contributed by atoms with van der Waals surface area (Å²) in [5, 5.41) is 3.45. The van der Waals surface area contributed by atoms with Crippen LogP contribution in [0.4, 0.5) is 5.69 Å². The molecule has 98 valence electrons. The van der Waals surface area contributed by atoms with Crippen LogP contribution >= 0.6 is 50.1 Å². The molecule has 1 amide bonds. The van der Waals surface area contributed by atoms with Crippen molar-refractivity contribution >= 4 is 61.7 Å². The van der Waals surface area contributed by atoms with Crippen LogP contribution in [0.3, 0.4) is 0 Å². The minimum Gasteiger partial charge on any atom is -0.322 e. The molecule has 0 saturated heterocycles. The Morgan fingerprint density at radius 1 is 1.26 bits per heavy atom. The Balaban J connectivity index is 2.28. The minimum atomic E-state index is -0.155. The van der Waals surface area contributed by atoms with Gasteiger partial charge in [-0.2, -0.15) is 0 Å². The number of anilines is 1. The number of carbonyl (C=O) groups is 1. The van der Waals surface area contributed by atoms with Crippen LogP contribution in [0.25, 0.3) is 0 Å². The second-order valence-electron chi connectivity index (χ2n) is 4.04. The largest absolute Gasteiger partial charge is 0.322 e. The summed E-state index contributed by atoms with van der Waals surface area (Å²) in [5.74, 6) is -0.155. The summed E-state index contributed by atoms with van der Waals surface area (Å²) in [5.41, 5.74) is 2.37. The van der Waals surface area contributed by atoms with E-state index in [0.717, 1.165) is 19.3 Å². The molecule has 0 atom stereocenters. The molecule has 0 aliphatic carbocycles. The van der Waals surface area contributed by atoms with E-state index in [9.17, 15) is 4.79 Å². The molecule has 0 fully saturated rings. The van der Waals surface area contributed by atoms with Crippen molar-refractivity contribution < 1.29 is 4.79 Å². The van der Waals surface area contributed by atoms with Crippen LogP contribution < -0.4 is 5.32 Å². The second-order valence-corrected chi connectivity index (χ2v) is 6.55. The van der Waals surface area contributed by atoms with Gasteiger partial charge in [-0.15, -0.1) is 0 Å². The van der Waals surface area contributed by atoms with E-state index in [2.05, 4.69) is 43.8 Å². The van der Waals surface area contributed by atoms with Gasteiger partial charge in [-0.1, -0.05) is 27.5 Å². The number of amides is 1. The molecule has 0 heterocycles. The first-order valence-corrected chi connectivity index (χ1v) is 7.75. The Morgan fingerprint density at radius 3 is 2.68 bits per heavy atom. The summed E-state index contributed by atoms with van der Waals surface area (Å²) in [7, 11) is 0. The summed E-state index contributed by atoms with van der Waals surface area (Å²) in [6, 6.07) is 11.0. The van der Waals surface area contributed by atoms with Gasteiger partial charge in [0.15, 0.2) is 0 Å². The number of hydrogen-bond donors (Lipinski definition) is 1. The van der Waals surface area contributed by atoms with Crippen LogP contribution in [0, 0.1) is 10.5 Å². The van der Waals surface area contributed by atoms with Crippen molar-refractivity contribution in [2.24, 2.45) is 0 Å². The highest BCUT2D eigenvalue weighted by atomic mass is 127. The zero-order valence-corrected chi connectivity index (χ0v) is 14.5. The van der Waals surface area contributed by atoms with Gasteiger partial charge in [-0.25, -0.2) is 0 Å². The fourth-order valence-electron chi connectivity index (χ4n) is 1.63. The lowest BCUT2D eigenvalue weighted by Gasteiger charge is -2.10. The third-order valence-corrected chi connectivity index (χ3v) is 4.28. The molecule has 0 radical (unpaired) electrons. The van der Waals surface area contributed by atoms with Gasteiger partial charge >= 0.3 is 0 Å². The summed E-state index contributed by atoms with van der Waals surface area (Å²) in [6.07, 6.45) is 0. The lowest BCUT2D eigenvalue weighted by atomic mass is 10.1. The van der Waals surface area contributed by atoms with E-state index in [1.165, 1.54) is 0 Å². The maximum absolute atomic E-state index is 12.2. The number of benzene rings is 2. The van der Waals surface area contributed by atoms with Crippen molar-refractivity contribution in [3.8, 4) is 0 Å². The van der Waals surface area contributed by atoms with E-state index in [0.29, 0.717) is 10.6 Å². The van der Waals surface area contributed by atoms with E-state index >= 15 is 0 Å². The van der Waals surface area contributed by atoms with Gasteiger partial charge < -0.3 is 5.32 Å². The molecule has 2 aromatic carbocycles. The molecule has 0 aliphatic heterocycles. The van der Waals surface area contributed by atoms with Crippen molar-refractivity contribution in [3.63, 3.8) is 0 Å². The number of rotatable bonds is 2. The van der Waals surface area contributed by atoms with Gasteiger partial charge in [0.2, 0.25) is 0 Å². The Morgan fingerprint density at radius 2 is 2.00 bits per heavy atom. The first-order valence-electron chi connectivity index (χ1n) is 5.50. The smallest absolute Gasteiger partial charge is 0.256 e. The Labute approximate surface area is 138 Å². The van der Waals surface area contributed by atoms with Crippen molar-refractivity contribution in [2.45, 2.75) is 6.92 Å². The lowest BCUT2D eigenvalue weighted by Crippen LogP contribution is -2.14. The Bertz CT molecular complexity index is 645. The Hall–Kier alpha value is -0.590. The average molecular weight is 451 g/mol. The highest BCUT2D eigenvalue weighted by molar-refractivity contribution is 14.1. The molecule has 5 heteroatoms. The van der Waals surface area contributed by atoms with Gasteiger partial charge in [0.25, 0.3) is 5.91 Å². The van der Waals surface area contributed by atoms with Crippen LogP contribution in [0.1, 0.15) is 15.9 Å². The molecule has 2 rings (SSSR count). The number of hydrogen-bond acceptors (Lipinski definition) is 1. The SMILES string of the molecule is Cc1cc(Br)ccc1NC(=O)c1cc(Cl)ccc1I. The molecule has 19 heavy (non-hydrogen) atoms. The van der Waals surface area contributed by atoms with Crippen LogP contribution in [-0.2, 0) is 0 Å². The number of halogens is 3. The van der Waals surface area contributed by atoms with Crippen LogP contribution in [-0.4, -0.2) is 5.91 Å². The molecule has 2 nitrogen and oxygen atoms in total. The molecule has 2 aromatic rings. The lowest BCUT2D eigenvalue weighted by molar-refractivity contribution is 0.102. The predicted molar refractivity (Wildman–Crippen MR) is 91.0 cm³/mol.